The van der Waals surface area contributed by atoms with Gasteiger partial charge in [-0.15, -0.1) is 0 Å². The Morgan fingerprint density at radius 3 is 2.32 bits per heavy atom. The van der Waals surface area contributed by atoms with Gasteiger partial charge in [0.15, 0.2) is 0 Å². The molecule has 0 spiro atoms. The summed E-state index contributed by atoms with van der Waals surface area (Å²) < 4.78 is 41.8. The first kappa shape index (κ1) is 22.8. The lowest BCUT2D eigenvalue weighted by Gasteiger charge is -2.21. The number of nitrogens with zero attached hydrogens (tertiary/aromatic N) is 2. The molecule has 1 amide bonds. The van der Waals surface area contributed by atoms with Gasteiger partial charge in [0.05, 0.1) is 17.7 Å². The minimum Gasteiger partial charge on any atom is -0.272 e. The van der Waals surface area contributed by atoms with E-state index in [-0.39, 0.29) is 17.0 Å². The molecule has 0 aliphatic heterocycles. The van der Waals surface area contributed by atoms with E-state index in [2.05, 4.69) is 26.5 Å². The van der Waals surface area contributed by atoms with Crippen molar-refractivity contribution < 1.29 is 17.6 Å². The Kier molecular flexibility index (Phi) is 7.67. The van der Waals surface area contributed by atoms with Crippen LogP contribution in [-0.4, -0.2) is 31.4 Å². The van der Waals surface area contributed by atoms with Gasteiger partial charge in [-0.1, -0.05) is 64.5 Å². The highest BCUT2D eigenvalue weighted by molar-refractivity contribution is 9.10. The van der Waals surface area contributed by atoms with Crippen LogP contribution >= 0.6 is 15.9 Å². The van der Waals surface area contributed by atoms with Crippen LogP contribution in [0.5, 0.6) is 0 Å². The second kappa shape index (κ2) is 10.4. The zero-order valence-corrected chi connectivity index (χ0v) is 18.7. The van der Waals surface area contributed by atoms with Crippen LogP contribution in [0.3, 0.4) is 0 Å². The van der Waals surface area contributed by atoms with E-state index in [0.717, 1.165) is 15.0 Å². The molecule has 0 aliphatic carbocycles. The average Bonchev–Trinajstić information content (AvgIpc) is 2.77. The molecule has 0 unspecified atom stereocenters. The number of benzene rings is 3. The van der Waals surface area contributed by atoms with Gasteiger partial charge in [0.1, 0.15) is 5.82 Å². The van der Waals surface area contributed by atoms with Gasteiger partial charge >= 0.3 is 0 Å². The standard InChI is InChI=1S/C22H19BrFN3O3S/c23-19-12-10-17(11-13-19)15-27(31(29,30)20-7-2-1-3-8-20)16-22(28)26-25-14-18-6-4-5-9-21(18)24/h1-14H,15-16H2,(H,26,28)/b25-14+. The molecule has 0 fully saturated rings. The molecule has 0 radical (unpaired) electrons. The normalized spacial score (nSPS) is 11.7. The average molecular weight is 504 g/mol. The Labute approximate surface area is 188 Å². The molecule has 3 aromatic carbocycles. The monoisotopic (exact) mass is 503 g/mol. The van der Waals surface area contributed by atoms with Crippen molar-refractivity contribution in [2.24, 2.45) is 5.10 Å². The van der Waals surface area contributed by atoms with Crippen molar-refractivity contribution >= 4 is 38.1 Å². The number of hydrazone groups is 1. The lowest BCUT2D eigenvalue weighted by Crippen LogP contribution is -2.39. The lowest BCUT2D eigenvalue weighted by molar-refractivity contribution is -0.121. The van der Waals surface area contributed by atoms with Gasteiger partial charge in [-0.2, -0.15) is 9.41 Å². The van der Waals surface area contributed by atoms with Crippen molar-refractivity contribution in [1.29, 1.82) is 0 Å². The fourth-order valence-corrected chi connectivity index (χ4v) is 4.38. The quantitative estimate of drug-likeness (QED) is 0.373. The fraction of sp³-hybridized carbons (Fsp3) is 0.0909. The zero-order valence-electron chi connectivity index (χ0n) is 16.3. The summed E-state index contributed by atoms with van der Waals surface area (Å²) in [5.41, 5.74) is 3.17. The van der Waals surface area contributed by atoms with Gasteiger partial charge in [-0.05, 0) is 35.9 Å². The van der Waals surface area contributed by atoms with Crippen LogP contribution in [0.25, 0.3) is 0 Å². The summed E-state index contributed by atoms with van der Waals surface area (Å²) in [6.45, 7) is -0.461. The molecular formula is C22H19BrFN3O3S. The van der Waals surface area contributed by atoms with Crippen molar-refractivity contribution in [2.45, 2.75) is 11.4 Å². The van der Waals surface area contributed by atoms with Gasteiger partial charge in [0.2, 0.25) is 10.0 Å². The minimum absolute atomic E-state index is 0.00500. The molecule has 31 heavy (non-hydrogen) atoms. The van der Waals surface area contributed by atoms with E-state index in [1.54, 1.807) is 54.6 Å². The number of amides is 1. The first-order valence-electron chi connectivity index (χ1n) is 9.22. The van der Waals surface area contributed by atoms with E-state index < -0.39 is 28.3 Å². The number of hydrogen-bond donors (Lipinski definition) is 1. The molecule has 9 heteroatoms. The molecule has 0 saturated carbocycles. The summed E-state index contributed by atoms with van der Waals surface area (Å²) >= 11 is 3.34. The van der Waals surface area contributed by atoms with Gasteiger partial charge in [0.25, 0.3) is 5.91 Å². The number of halogens is 2. The number of hydrogen-bond acceptors (Lipinski definition) is 4. The zero-order chi connectivity index (χ0) is 22.3. The fourth-order valence-electron chi connectivity index (χ4n) is 2.71. The SMILES string of the molecule is O=C(CN(Cc1ccc(Br)cc1)S(=O)(=O)c1ccccc1)N/N=C/c1ccccc1F. The van der Waals surface area contributed by atoms with Crippen LogP contribution < -0.4 is 5.43 Å². The summed E-state index contributed by atoms with van der Waals surface area (Å²) in [7, 11) is -3.94. The molecule has 1 N–H and O–H groups in total. The molecular weight excluding hydrogens is 485 g/mol. The van der Waals surface area contributed by atoms with E-state index >= 15 is 0 Å². The Morgan fingerprint density at radius 1 is 1.00 bits per heavy atom. The maximum atomic E-state index is 13.6. The summed E-state index contributed by atoms with van der Waals surface area (Å²) in [6.07, 6.45) is 1.16. The lowest BCUT2D eigenvalue weighted by atomic mass is 10.2. The third-order valence-corrected chi connectivity index (χ3v) is 6.61. The van der Waals surface area contributed by atoms with Gasteiger partial charge in [0, 0.05) is 16.6 Å². The van der Waals surface area contributed by atoms with Gasteiger partial charge in [-0.25, -0.2) is 18.2 Å². The van der Waals surface area contributed by atoms with E-state index in [1.807, 2.05) is 0 Å². The van der Waals surface area contributed by atoms with Gasteiger partial charge < -0.3 is 0 Å². The molecule has 0 saturated heterocycles. The second-order valence-corrected chi connectivity index (χ2v) is 9.38. The Morgan fingerprint density at radius 2 is 1.65 bits per heavy atom. The summed E-state index contributed by atoms with van der Waals surface area (Å²) in [6, 6.07) is 21.0. The Balaban J connectivity index is 1.78. The number of nitrogens with one attached hydrogen (secondary N) is 1. The minimum atomic E-state index is -3.94. The van der Waals surface area contributed by atoms with Gasteiger partial charge in [-0.3, -0.25) is 4.79 Å². The van der Waals surface area contributed by atoms with Crippen molar-refractivity contribution in [3.8, 4) is 0 Å². The summed E-state index contributed by atoms with van der Waals surface area (Å²) in [5.74, 6) is -1.13. The molecule has 3 aromatic rings. The third-order valence-electron chi connectivity index (χ3n) is 4.27. The van der Waals surface area contributed by atoms with Crippen molar-refractivity contribution in [2.75, 3.05) is 6.54 Å². The molecule has 6 nitrogen and oxygen atoms in total. The first-order chi connectivity index (χ1) is 14.9. The van der Waals surface area contributed by atoms with E-state index in [1.165, 1.54) is 24.3 Å². The Bertz CT molecular complexity index is 1170. The smallest absolute Gasteiger partial charge is 0.255 e. The topological polar surface area (TPSA) is 78.8 Å². The second-order valence-electron chi connectivity index (χ2n) is 6.53. The molecule has 160 valence electrons. The predicted molar refractivity (Wildman–Crippen MR) is 120 cm³/mol. The number of sulfonamides is 1. The van der Waals surface area contributed by atoms with Crippen molar-refractivity contribution in [3.63, 3.8) is 0 Å². The molecule has 0 heterocycles. The molecule has 0 aromatic heterocycles. The number of rotatable bonds is 8. The van der Waals surface area contributed by atoms with Crippen molar-refractivity contribution in [1.82, 2.24) is 9.73 Å². The van der Waals surface area contributed by atoms with E-state index in [0.29, 0.717) is 5.56 Å². The maximum absolute atomic E-state index is 13.6. The molecule has 3 rings (SSSR count). The first-order valence-corrected chi connectivity index (χ1v) is 11.5. The Hall–Kier alpha value is -2.88. The number of carbonyl (C=O) groups is 1. The predicted octanol–water partition coefficient (Wildman–Crippen LogP) is 3.93. The van der Waals surface area contributed by atoms with Crippen LogP contribution in [-0.2, 0) is 21.4 Å². The van der Waals surface area contributed by atoms with Crippen LogP contribution in [0.2, 0.25) is 0 Å². The van der Waals surface area contributed by atoms with Crippen LogP contribution in [0.4, 0.5) is 4.39 Å². The van der Waals surface area contributed by atoms with E-state index in [4.69, 9.17) is 0 Å². The highest BCUT2D eigenvalue weighted by Crippen LogP contribution is 2.19. The molecule has 0 bridgehead atoms. The van der Waals surface area contributed by atoms with Crippen molar-refractivity contribution in [3.05, 3.63) is 100 Å². The van der Waals surface area contributed by atoms with Crippen LogP contribution in [0.15, 0.2) is 93.3 Å². The van der Waals surface area contributed by atoms with Crippen LogP contribution in [0, 0.1) is 5.82 Å². The van der Waals surface area contributed by atoms with E-state index in [9.17, 15) is 17.6 Å². The summed E-state index contributed by atoms with van der Waals surface area (Å²) in [5, 5.41) is 3.74. The third kappa shape index (κ3) is 6.30. The largest absolute Gasteiger partial charge is 0.272 e. The maximum Gasteiger partial charge on any atom is 0.255 e. The highest BCUT2D eigenvalue weighted by Gasteiger charge is 2.26. The number of carbonyl (C=O) groups excluding carboxylic acids is 1. The molecule has 0 aliphatic rings. The molecule has 0 atom stereocenters. The highest BCUT2D eigenvalue weighted by atomic mass is 79.9. The summed E-state index contributed by atoms with van der Waals surface area (Å²) in [4.78, 5) is 12.5. The van der Waals surface area contributed by atoms with Crippen LogP contribution in [0.1, 0.15) is 11.1 Å².